The minimum absolute atomic E-state index is 0.0195. The second kappa shape index (κ2) is 13.5. The summed E-state index contributed by atoms with van der Waals surface area (Å²) in [6.07, 6.45) is 0.718. The molecule has 3 aromatic carbocycles. The lowest BCUT2D eigenvalue weighted by molar-refractivity contribution is -0.139. The molecule has 0 fully saturated rings. The third-order valence-electron chi connectivity index (χ3n) is 6.78. The van der Waals surface area contributed by atoms with Gasteiger partial charge in [-0.15, -0.1) is 0 Å². The van der Waals surface area contributed by atoms with Gasteiger partial charge in [-0.3, -0.25) is 13.9 Å². The average Bonchev–Trinajstić information content (AvgIpc) is 2.91. The van der Waals surface area contributed by atoms with Gasteiger partial charge >= 0.3 is 0 Å². The van der Waals surface area contributed by atoms with E-state index in [1.807, 2.05) is 20.8 Å². The van der Waals surface area contributed by atoms with E-state index in [9.17, 15) is 18.0 Å². The third-order valence-corrected chi connectivity index (χ3v) is 9.16. The summed E-state index contributed by atoms with van der Waals surface area (Å²) in [5.41, 5.74) is 2.43. The van der Waals surface area contributed by atoms with Crippen LogP contribution in [0.3, 0.4) is 0 Å². The van der Waals surface area contributed by atoms with Crippen LogP contribution in [0.4, 0.5) is 5.69 Å². The molecule has 3 aromatic rings. The maximum atomic E-state index is 14.0. The van der Waals surface area contributed by atoms with Crippen LogP contribution in [0.2, 0.25) is 10.0 Å². The van der Waals surface area contributed by atoms with Gasteiger partial charge in [-0.25, -0.2) is 8.42 Å². The number of sulfonamides is 1. The molecule has 0 heterocycles. The number of nitrogens with one attached hydrogen (secondary N) is 1. The summed E-state index contributed by atoms with van der Waals surface area (Å²) >= 11 is 12.6. The number of benzene rings is 3. The lowest BCUT2D eigenvalue weighted by Gasteiger charge is -2.33. The molecule has 0 unspecified atom stereocenters. The van der Waals surface area contributed by atoms with E-state index in [0.29, 0.717) is 26.9 Å². The number of carbonyl (C=O) groups excluding carboxylic acids is 2. The third kappa shape index (κ3) is 7.56. The Kier molecular flexibility index (Phi) is 10.6. The van der Waals surface area contributed by atoms with Gasteiger partial charge in [0, 0.05) is 22.6 Å². The first-order chi connectivity index (χ1) is 18.8. The van der Waals surface area contributed by atoms with Crippen molar-refractivity contribution >= 4 is 50.7 Å². The van der Waals surface area contributed by atoms with E-state index in [1.165, 1.54) is 17.0 Å². The molecule has 0 aromatic heterocycles. The molecule has 2 atom stereocenters. The van der Waals surface area contributed by atoms with Crippen molar-refractivity contribution in [2.75, 3.05) is 10.8 Å². The van der Waals surface area contributed by atoms with Gasteiger partial charge in [0.05, 0.1) is 10.6 Å². The lowest BCUT2D eigenvalue weighted by Crippen LogP contribution is -2.52. The zero-order chi connectivity index (χ0) is 29.6. The monoisotopic (exact) mass is 603 g/mol. The van der Waals surface area contributed by atoms with E-state index < -0.39 is 28.5 Å². The van der Waals surface area contributed by atoms with Crippen molar-refractivity contribution < 1.29 is 18.0 Å². The Morgan fingerprint density at radius 1 is 0.950 bits per heavy atom. The predicted molar refractivity (Wildman–Crippen MR) is 161 cm³/mol. The molecule has 0 saturated heterocycles. The summed E-state index contributed by atoms with van der Waals surface area (Å²) in [6.45, 7) is 8.52. The van der Waals surface area contributed by atoms with Gasteiger partial charge in [-0.1, -0.05) is 66.0 Å². The van der Waals surface area contributed by atoms with Crippen molar-refractivity contribution in [3.63, 3.8) is 0 Å². The van der Waals surface area contributed by atoms with Gasteiger partial charge < -0.3 is 10.2 Å². The smallest absolute Gasteiger partial charge is 0.264 e. The van der Waals surface area contributed by atoms with Crippen LogP contribution in [0.1, 0.15) is 43.9 Å². The van der Waals surface area contributed by atoms with Crippen molar-refractivity contribution in [1.29, 1.82) is 0 Å². The van der Waals surface area contributed by atoms with Gasteiger partial charge in [-0.05, 0) is 81.6 Å². The highest BCUT2D eigenvalue weighted by Crippen LogP contribution is 2.30. The molecule has 40 heavy (non-hydrogen) atoms. The standard InChI is InChI=1S/C30H35Cl2N3O4S/c1-6-22(4)33-30(37)23(5)34(18-24-9-7-8-10-27(24)32)29(36)19-35(28-16-13-25(31)17-21(28)3)40(38,39)26-14-11-20(2)12-15-26/h7-17,22-23H,6,18-19H2,1-5H3,(H,33,37)/t22-,23+/m1/s1. The summed E-state index contributed by atoms with van der Waals surface area (Å²) in [5.74, 6) is -0.901. The SMILES string of the molecule is CC[C@@H](C)NC(=O)[C@H](C)N(Cc1ccccc1Cl)C(=O)CN(c1ccc(Cl)cc1C)S(=O)(=O)c1ccc(C)cc1. The van der Waals surface area contributed by atoms with Gasteiger partial charge in [-0.2, -0.15) is 0 Å². The summed E-state index contributed by atoms with van der Waals surface area (Å²) in [6, 6.07) is 17.3. The fourth-order valence-electron chi connectivity index (χ4n) is 4.11. The number of hydrogen-bond donors (Lipinski definition) is 1. The Bertz CT molecular complexity index is 1460. The van der Waals surface area contributed by atoms with E-state index in [1.54, 1.807) is 68.4 Å². The molecular weight excluding hydrogens is 569 g/mol. The van der Waals surface area contributed by atoms with Crippen LogP contribution < -0.4 is 9.62 Å². The number of anilines is 1. The highest BCUT2D eigenvalue weighted by molar-refractivity contribution is 7.92. The van der Waals surface area contributed by atoms with Crippen LogP contribution in [0, 0.1) is 13.8 Å². The Morgan fingerprint density at radius 2 is 1.60 bits per heavy atom. The van der Waals surface area contributed by atoms with Crippen LogP contribution in [-0.4, -0.2) is 43.8 Å². The Morgan fingerprint density at radius 3 is 2.20 bits per heavy atom. The van der Waals surface area contributed by atoms with Crippen LogP contribution in [-0.2, 0) is 26.2 Å². The average molecular weight is 605 g/mol. The van der Waals surface area contributed by atoms with Crippen molar-refractivity contribution in [2.45, 2.75) is 64.6 Å². The quantitative estimate of drug-likeness (QED) is 0.285. The summed E-state index contributed by atoms with van der Waals surface area (Å²) in [5, 5.41) is 3.79. The molecule has 0 aliphatic heterocycles. The van der Waals surface area contributed by atoms with Crippen LogP contribution >= 0.6 is 23.2 Å². The lowest BCUT2D eigenvalue weighted by atomic mass is 10.1. The molecule has 7 nitrogen and oxygen atoms in total. The molecule has 0 aliphatic rings. The van der Waals surface area contributed by atoms with Crippen molar-refractivity contribution in [1.82, 2.24) is 10.2 Å². The summed E-state index contributed by atoms with van der Waals surface area (Å²) in [4.78, 5) is 28.6. The first-order valence-corrected chi connectivity index (χ1v) is 15.2. The van der Waals surface area contributed by atoms with Crippen molar-refractivity contribution in [3.8, 4) is 0 Å². The number of nitrogens with zero attached hydrogens (tertiary/aromatic N) is 2. The number of rotatable bonds is 11. The molecule has 1 N–H and O–H groups in total. The highest BCUT2D eigenvalue weighted by Gasteiger charge is 2.33. The van der Waals surface area contributed by atoms with E-state index in [0.717, 1.165) is 16.3 Å². The van der Waals surface area contributed by atoms with Gasteiger partial charge in [0.2, 0.25) is 11.8 Å². The first kappa shape index (κ1) is 31.5. The molecule has 10 heteroatoms. The minimum Gasteiger partial charge on any atom is -0.352 e. The Labute approximate surface area is 247 Å². The maximum absolute atomic E-state index is 14.0. The summed E-state index contributed by atoms with van der Waals surface area (Å²) in [7, 11) is -4.17. The molecule has 3 rings (SSSR count). The van der Waals surface area contributed by atoms with Gasteiger partial charge in [0.1, 0.15) is 12.6 Å². The second-order valence-electron chi connectivity index (χ2n) is 9.86. The Balaban J connectivity index is 2.07. The first-order valence-electron chi connectivity index (χ1n) is 13.0. The maximum Gasteiger partial charge on any atom is 0.264 e. The second-order valence-corrected chi connectivity index (χ2v) is 12.6. The van der Waals surface area contributed by atoms with Crippen LogP contribution in [0.5, 0.6) is 0 Å². The molecule has 0 bridgehead atoms. The molecular formula is C30H35Cl2N3O4S. The zero-order valence-electron chi connectivity index (χ0n) is 23.3. The highest BCUT2D eigenvalue weighted by atomic mass is 35.5. The van der Waals surface area contributed by atoms with E-state index >= 15 is 0 Å². The zero-order valence-corrected chi connectivity index (χ0v) is 25.6. The van der Waals surface area contributed by atoms with Gasteiger partial charge in [0.15, 0.2) is 0 Å². The Hall–Kier alpha value is -3.07. The number of halogens is 2. The fraction of sp³-hybridized carbons (Fsp3) is 0.333. The molecule has 2 amide bonds. The van der Waals surface area contributed by atoms with Crippen LogP contribution in [0.15, 0.2) is 71.6 Å². The fourth-order valence-corrected chi connectivity index (χ4v) is 6.01. The van der Waals surface area contributed by atoms with Crippen LogP contribution in [0.25, 0.3) is 0 Å². The number of amides is 2. The molecule has 214 valence electrons. The number of hydrogen-bond acceptors (Lipinski definition) is 4. The van der Waals surface area contributed by atoms with Crippen molar-refractivity contribution in [2.24, 2.45) is 0 Å². The molecule has 0 radical (unpaired) electrons. The summed E-state index contributed by atoms with van der Waals surface area (Å²) < 4.78 is 29.0. The van der Waals surface area contributed by atoms with E-state index in [2.05, 4.69) is 5.32 Å². The number of carbonyl (C=O) groups is 2. The number of aryl methyl sites for hydroxylation is 2. The molecule has 0 spiro atoms. The molecule has 0 saturated carbocycles. The molecule has 0 aliphatic carbocycles. The van der Waals surface area contributed by atoms with E-state index in [-0.39, 0.29) is 23.4 Å². The predicted octanol–water partition coefficient (Wildman–Crippen LogP) is 6.14. The normalized spacial score (nSPS) is 12.9. The van der Waals surface area contributed by atoms with E-state index in [4.69, 9.17) is 23.2 Å². The topological polar surface area (TPSA) is 86.8 Å². The van der Waals surface area contributed by atoms with Crippen molar-refractivity contribution in [3.05, 3.63) is 93.5 Å². The largest absolute Gasteiger partial charge is 0.352 e. The minimum atomic E-state index is -4.17. The van der Waals surface area contributed by atoms with Gasteiger partial charge in [0.25, 0.3) is 10.0 Å².